The van der Waals surface area contributed by atoms with E-state index in [2.05, 4.69) is 10.5 Å². The number of hydrogen-bond donors (Lipinski definition) is 1. The third-order valence-corrected chi connectivity index (χ3v) is 4.04. The summed E-state index contributed by atoms with van der Waals surface area (Å²) in [6, 6.07) is 21.3. The highest BCUT2D eigenvalue weighted by atomic mass is 16.5. The van der Waals surface area contributed by atoms with E-state index in [-0.39, 0.29) is 5.91 Å². The largest absolute Gasteiger partial charge is 0.423 e. The SMILES string of the molecule is Cc1ccc(C(=O)N/N=C\c2ccc(OC(=O)c3cccc(C)c3)cc2)cc1. The van der Waals surface area contributed by atoms with Crippen LogP contribution >= 0.6 is 0 Å². The fourth-order valence-corrected chi connectivity index (χ4v) is 2.49. The van der Waals surface area contributed by atoms with Crippen LogP contribution in [-0.4, -0.2) is 18.1 Å². The van der Waals surface area contributed by atoms with Crippen molar-refractivity contribution in [2.45, 2.75) is 13.8 Å². The van der Waals surface area contributed by atoms with Gasteiger partial charge in [-0.3, -0.25) is 4.79 Å². The van der Waals surface area contributed by atoms with Crippen LogP contribution in [-0.2, 0) is 0 Å². The lowest BCUT2D eigenvalue weighted by molar-refractivity contribution is 0.0734. The van der Waals surface area contributed by atoms with Gasteiger partial charge < -0.3 is 4.74 Å². The summed E-state index contributed by atoms with van der Waals surface area (Å²) in [5, 5.41) is 3.96. The zero-order valence-corrected chi connectivity index (χ0v) is 15.7. The van der Waals surface area contributed by atoms with Gasteiger partial charge in [-0.2, -0.15) is 5.10 Å². The molecule has 0 spiro atoms. The maximum atomic E-state index is 12.2. The monoisotopic (exact) mass is 372 g/mol. The number of nitrogens with one attached hydrogen (secondary N) is 1. The van der Waals surface area contributed by atoms with E-state index in [0.29, 0.717) is 16.9 Å². The van der Waals surface area contributed by atoms with E-state index in [9.17, 15) is 9.59 Å². The molecule has 0 atom stereocenters. The summed E-state index contributed by atoms with van der Waals surface area (Å²) in [4.78, 5) is 24.2. The summed E-state index contributed by atoms with van der Waals surface area (Å²) in [5.74, 6) is -0.247. The minimum atomic E-state index is -0.407. The number of esters is 1. The molecule has 0 aliphatic carbocycles. The normalized spacial score (nSPS) is 10.6. The Morgan fingerprint density at radius 1 is 0.857 bits per heavy atom. The highest BCUT2D eigenvalue weighted by Gasteiger charge is 2.08. The van der Waals surface area contributed by atoms with Crippen molar-refractivity contribution in [3.05, 3.63) is 101 Å². The van der Waals surface area contributed by atoms with Crippen molar-refractivity contribution in [1.29, 1.82) is 0 Å². The molecule has 0 unspecified atom stereocenters. The van der Waals surface area contributed by atoms with Gasteiger partial charge in [-0.1, -0.05) is 35.4 Å². The Morgan fingerprint density at radius 3 is 2.25 bits per heavy atom. The first-order chi connectivity index (χ1) is 13.5. The van der Waals surface area contributed by atoms with Gasteiger partial charge in [0.05, 0.1) is 11.8 Å². The van der Waals surface area contributed by atoms with E-state index in [1.807, 2.05) is 38.1 Å². The van der Waals surface area contributed by atoms with Gasteiger partial charge in [0.25, 0.3) is 5.91 Å². The van der Waals surface area contributed by atoms with Crippen LogP contribution in [0.5, 0.6) is 5.75 Å². The Labute approximate surface area is 163 Å². The highest BCUT2D eigenvalue weighted by Crippen LogP contribution is 2.14. The van der Waals surface area contributed by atoms with Gasteiger partial charge in [0, 0.05) is 5.56 Å². The van der Waals surface area contributed by atoms with Gasteiger partial charge in [0.15, 0.2) is 0 Å². The number of amides is 1. The maximum absolute atomic E-state index is 12.2. The second-order valence-electron chi connectivity index (χ2n) is 6.39. The molecule has 5 heteroatoms. The number of nitrogens with zero attached hydrogens (tertiary/aromatic N) is 1. The van der Waals surface area contributed by atoms with E-state index in [0.717, 1.165) is 16.7 Å². The van der Waals surface area contributed by atoms with Crippen LogP contribution < -0.4 is 10.2 Å². The standard InChI is InChI=1S/C23H20N2O3/c1-16-6-10-19(11-7-16)22(26)25-24-15-18-8-12-21(13-9-18)28-23(27)20-5-3-4-17(2)14-20/h3-15H,1-2H3,(H,25,26)/b24-15-. The number of benzene rings is 3. The lowest BCUT2D eigenvalue weighted by atomic mass is 10.1. The lowest BCUT2D eigenvalue weighted by Crippen LogP contribution is -2.17. The number of aryl methyl sites for hydroxylation is 2. The van der Waals surface area contributed by atoms with E-state index < -0.39 is 5.97 Å². The molecule has 1 N–H and O–H groups in total. The molecule has 3 aromatic carbocycles. The molecule has 0 aliphatic rings. The molecule has 0 saturated carbocycles. The van der Waals surface area contributed by atoms with Gasteiger partial charge in [0.1, 0.15) is 5.75 Å². The number of hydrazone groups is 1. The van der Waals surface area contributed by atoms with Crippen LogP contribution in [0.25, 0.3) is 0 Å². The van der Waals surface area contributed by atoms with Crippen LogP contribution in [0, 0.1) is 13.8 Å². The first kappa shape index (κ1) is 19.0. The van der Waals surface area contributed by atoms with Crippen molar-refractivity contribution in [2.75, 3.05) is 0 Å². The first-order valence-electron chi connectivity index (χ1n) is 8.80. The predicted molar refractivity (Wildman–Crippen MR) is 109 cm³/mol. The average molecular weight is 372 g/mol. The van der Waals surface area contributed by atoms with E-state index in [1.54, 1.807) is 48.5 Å². The Hall–Kier alpha value is -3.73. The summed E-state index contributed by atoms with van der Waals surface area (Å²) >= 11 is 0. The van der Waals surface area contributed by atoms with Gasteiger partial charge in [-0.05, 0) is 67.9 Å². The second kappa shape index (κ2) is 8.77. The van der Waals surface area contributed by atoms with Crippen molar-refractivity contribution in [3.8, 4) is 5.75 Å². The third-order valence-electron chi connectivity index (χ3n) is 4.04. The van der Waals surface area contributed by atoms with Crippen LogP contribution in [0.2, 0.25) is 0 Å². The molecular weight excluding hydrogens is 352 g/mol. The van der Waals surface area contributed by atoms with Crippen LogP contribution in [0.15, 0.2) is 77.9 Å². The molecule has 0 radical (unpaired) electrons. The molecule has 0 aliphatic heterocycles. The molecule has 140 valence electrons. The Bertz CT molecular complexity index is 1010. The quantitative estimate of drug-likeness (QED) is 0.314. The first-order valence-corrected chi connectivity index (χ1v) is 8.80. The van der Waals surface area contributed by atoms with Gasteiger partial charge in [-0.15, -0.1) is 0 Å². The van der Waals surface area contributed by atoms with Gasteiger partial charge in [0.2, 0.25) is 0 Å². The predicted octanol–water partition coefficient (Wildman–Crippen LogP) is 4.29. The molecule has 0 aromatic heterocycles. The number of rotatable bonds is 5. The Balaban J connectivity index is 1.56. The van der Waals surface area contributed by atoms with Crippen molar-refractivity contribution < 1.29 is 14.3 Å². The van der Waals surface area contributed by atoms with Gasteiger partial charge >= 0.3 is 5.97 Å². The zero-order valence-electron chi connectivity index (χ0n) is 15.7. The van der Waals surface area contributed by atoms with E-state index in [1.165, 1.54) is 6.21 Å². The van der Waals surface area contributed by atoms with Crippen molar-refractivity contribution >= 4 is 18.1 Å². The molecule has 0 bridgehead atoms. The zero-order chi connectivity index (χ0) is 19.9. The smallest absolute Gasteiger partial charge is 0.343 e. The summed E-state index contributed by atoms with van der Waals surface area (Å²) in [5.41, 5.74) is 6.38. The minimum absolute atomic E-state index is 0.278. The van der Waals surface area contributed by atoms with E-state index in [4.69, 9.17) is 4.74 Å². The number of ether oxygens (including phenoxy) is 1. The van der Waals surface area contributed by atoms with Crippen molar-refractivity contribution in [1.82, 2.24) is 5.43 Å². The third kappa shape index (κ3) is 5.14. The van der Waals surface area contributed by atoms with Crippen LogP contribution in [0.4, 0.5) is 0 Å². The summed E-state index contributed by atoms with van der Waals surface area (Å²) < 4.78 is 5.37. The highest BCUT2D eigenvalue weighted by molar-refractivity contribution is 5.95. The second-order valence-corrected chi connectivity index (χ2v) is 6.39. The molecule has 0 fully saturated rings. The minimum Gasteiger partial charge on any atom is -0.423 e. The molecule has 3 aromatic rings. The molecule has 0 heterocycles. The average Bonchev–Trinajstić information content (AvgIpc) is 2.69. The Morgan fingerprint density at radius 2 is 1.57 bits per heavy atom. The Kier molecular flexibility index (Phi) is 5.97. The van der Waals surface area contributed by atoms with Gasteiger partial charge in [-0.25, -0.2) is 10.2 Å². The summed E-state index contributed by atoms with van der Waals surface area (Å²) in [7, 11) is 0. The number of carbonyl (C=O) groups is 2. The van der Waals surface area contributed by atoms with Crippen molar-refractivity contribution in [3.63, 3.8) is 0 Å². The number of carbonyl (C=O) groups excluding carboxylic acids is 2. The molecule has 3 rings (SSSR count). The van der Waals surface area contributed by atoms with Crippen LogP contribution in [0.1, 0.15) is 37.4 Å². The summed E-state index contributed by atoms with van der Waals surface area (Å²) in [6.45, 7) is 3.88. The fraction of sp³-hybridized carbons (Fsp3) is 0.0870. The topological polar surface area (TPSA) is 67.8 Å². The van der Waals surface area contributed by atoms with Crippen molar-refractivity contribution in [2.24, 2.45) is 5.10 Å². The molecule has 1 amide bonds. The maximum Gasteiger partial charge on any atom is 0.343 e. The van der Waals surface area contributed by atoms with Crippen LogP contribution in [0.3, 0.4) is 0 Å². The fourth-order valence-electron chi connectivity index (χ4n) is 2.49. The molecular formula is C23H20N2O3. The molecule has 0 saturated heterocycles. The molecule has 28 heavy (non-hydrogen) atoms. The summed E-state index contributed by atoms with van der Waals surface area (Å²) in [6.07, 6.45) is 1.53. The number of hydrogen-bond acceptors (Lipinski definition) is 4. The van der Waals surface area contributed by atoms with E-state index >= 15 is 0 Å². The molecule has 5 nitrogen and oxygen atoms in total. The lowest BCUT2D eigenvalue weighted by Gasteiger charge is -2.05.